The second-order valence-electron chi connectivity index (χ2n) is 5.93. The lowest BCUT2D eigenvalue weighted by Crippen LogP contribution is -2.46. The summed E-state index contributed by atoms with van der Waals surface area (Å²) in [6, 6.07) is 10.0. The molecule has 1 aromatic carbocycles. The number of rotatable bonds is 6. The van der Waals surface area contributed by atoms with Gasteiger partial charge in [0.1, 0.15) is 23.2 Å². The van der Waals surface area contributed by atoms with E-state index in [4.69, 9.17) is 16.3 Å². The molecule has 1 aromatic heterocycles. The Morgan fingerprint density at radius 1 is 1.37 bits per heavy atom. The van der Waals surface area contributed by atoms with Crippen LogP contribution in [0.15, 0.2) is 24.3 Å². The van der Waals surface area contributed by atoms with Gasteiger partial charge in [0.15, 0.2) is 5.82 Å². The quantitative estimate of drug-likeness (QED) is 0.740. The Bertz CT molecular complexity index is 843. The number of esters is 1. The molecule has 9 heteroatoms. The summed E-state index contributed by atoms with van der Waals surface area (Å²) in [4.78, 5) is 15.9. The fourth-order valence-electron chi connectivity index (χ4n) is 2.93. The second kappa shape index (κ2) is 8.93. The van der Waals surface area contributed by atoms with E-state index in [-0.39, 0.29) is 12.5 Å². The molecular weight excluding hydrogens is 386 g/mol. The highest BCUT2D eigenvalue weighted by Crippen LogP contribution is 2.31. The van der Waals surface area contributed by atoms with Gasteiger partial charge in [0, 0.05) is 36.9 Å². The Hall–Kier alpha value is -2.50. The first-order valence-electron chi connectivity index (χ1n) is 8.67. The summed E-state index contributed by atoms with van der Waals surface area (Å²) in [6.45, 7) is 5.24. The lowest BCUT2D eigenvalue weighted by Gasteiger charge is -2.36. The lowest BCUT2D eigenvalue weighted by atomic mass is 10.2. The molecule has 0 spiro atoms. The van der Waals surface area contributed by atoms with Gasteiger partial charge < -0.3 is 19.9 Å². The lowest BCUT2D eigenvalue weighted by molar-refractivity contribution is -0.140. The summed E-state index contributed by atoms with van der Waals surface area (Å²) >= 11 is 7.27. The van der Waals surface area contributed by atoms with E-state index in [1.54, 1.807) is 6.92 Å². The zero-order chi connectivity index (χ0) is 19.2. The first-order chi connectivity index (χ1) is 13.1. The smallest absolute Gasteiger partial charge is 0.325 e. The second-order valence-corrected chi connectivity index (χ2v) is 7.14. The van der Waals surface area contributed by atoms with Crippen molar-refractivity contribution in [3.8, 4) is 6.07 Å². The largest absolute Gasteiger partial charge is 0.465 e. The molecule has 2 aromatic rings. The Morgan fingerprint density at radius 3 is 2.78 bits per heavy atom. The van der Waals surface area contributed by atoms with Crippen molar-refractivity contribution in [2.75, 3.05) is 54.4 Å². The van der Waals surface area contributed by atoms with Crippen LogP contribution < -0.4 is 15.1 Å². The molecule has 0 unspecified atom stereocenters. The van der Waals surface area contributed by atoms with Crippen LogP contribution in [0.2, 0.25) is 5.02 Å². The summed E-state index contributed by atoms with van der Waals surface area (Å²) in [7, 11) is 0. The summed E-state index contributed by atoms with van der Waals surface area (Å²) in [5.74, 6) is 0.311. The van der Waals surface area contributed by atoms with Crippen LogP contribution in [-0.4, -0.2) is 49.7 Å². The Morgan fingerprint density at radius 2 is 2.11 bits per heavy atom. The van der Waals surface area contributed by atoms with E-state index in [2.05, 4.69) is 25.6 Å². The number of nitrogens with one attached hydrogen (secondary N) is 1. The molecule has 0 radical (unpaired) electrons. The minimum atomic E-state index is -0.355. The van der Waals surface area contributed by atoms with E-state index in [9.17, 15) is 10.1 Å². The van der Waals surface area contributed by atoms with Gasteiger partial charge in [-0.2, -0.15) is 9.64 Å². The van der Waals surface area contributed by atoms with E-state index in [0.29, 0.717) is 23.0 Å². The average molecular weight is 406 g/mol. The molecule has 0 aliphatic carbocycles. The summed E-state index contributed by atoms with van der Waals surface area (Å²) in [6.07, 6.45) is 0. The zero-order valence-electron chi connectivity index (χ0n) is 14.9. The number of ether oxygens (including phenoxy) is 1. The van der Waals surface area contributed by atoms with E-state index >= 15 is 0 Å². The molecule has 2 heterocycles. The van der Waals surface area contributed by atoms with Gasteiger partial charge in [0.05, 0.1) is 6.61 Å². The number of carbonyl (C=O) groups is 1. The minimum absolute atomic E-state index is 0.0205. The molecule has 1 aliphatic heterocycles. The van der Waals surface area contributed by atoms with E-state index in [1.165, 1.54) is 11.5 Å². The maximum Gasteiger partial charge on any atom is 0.325 e. The molecule has 0 saturated carbocycles. The van der Waals surface area contributed by atoms with Gasteiger partial charge in [-0.3, -0.25) is 4.79 Å². The molecule has 0 atom stereocenters. The Labute approximate surface area is 167 Å². The van der Waals surface area contributed by atoms with Crippen molar-refractivity contribution in [1.82, 2.24) is 4.37 Å². The number of nitriles is 1. The van der Waals surface area contributed by atoms with Crippen molar-refractivity contribution in [3.63, 3.8) is 0 Å². The number of aromatic nitrogens is 1. The number of piperazine rings is 1. The van der Waals surface area contributed by atoms with Crippen molar-refractivity contribution in [3.05, 3.63) is 34.9 Å². The monoisotopic (exact) mass is 405 g/mol. The third-order valence-electron chi connectivity index (χ3n) is 4.24. The molecule has 1 N–H and O–H groups in total. The first-order valence-corrected chi connectivity index (χ1v) is 9.82. The average Bonchev–Trinajstić information content (AvgIpc) is 3.09. The molecule has 7 nitrogen and oxygen atoms in total. The molecule has 0 amide bonds. The molecule has 0 bridgehead atoms. The summed E-state index contributed by atoms with van der Waals surface area (Å²) in [5.41, 5.74) is 1.57. The van der Waals surface area contributed by atoms with Crippen molar-refractivity contribution in [2.45, 2.75) is 6.92 Å². The van der Waals surface area contributed by atoms with Crippen LogP contribution >= 0.6 is 23.1 Å². The standard InChI is InChI=1S/C18H20ClN5O2S/c1-2-26-16(25)12-21-18-15(11-20)17(22-27-18)24-8-6-23(7-9-24)14-5-3-4-13(19)10-14/h3-5,10,21H,2,6-9,12H2,1H3. The van der Waals surface area contributed by atoms with Gasteiger partial charge in [-0.25, -0.2) is 0 Å². The molecule has 1 aliphatic rings. The number of nitrogens with zero attached hydrogens (tertiary/aromatic N) is 4. The Kier molecular flexibility index (Phi) is 6.37. The van der Waals surface area contributed by atoms with Gasteiger partial charge in [-0.1, -0.05) is 17.7 Å². The minimum Gasteiger partial charge on any atom is -0.465 e. The van der Waals surface area contributed by atoms with Gasteiger partial charge in [-0.15, -0.1) is 0 Å². The van der Waals surface area contributed by atoms with E-state index in [1.807, 2.05) is 24.3 Å². The van der Waals surface area contributed by atoms with Gasteiger partial charge in [-0.05, 0) is 36.7 Å². The predicted octanol–water partition coefficient (Wildman–Crippen LogP) is 2.97. The highest BCUT2D eigenvalue weighted by molar-refractivity contribution is 7.10. The number of benzene rings is 1. The fraction of sp³-hybridized carbons (Fsp3) is 0.389. The van der Waals surface area contributed by atoms with Crippen molar-refractivity contribution in [2.24, 2.45) is 0 Å². The third kappa shape index (κ3) is 4.62. The maximum atomic E-state index is 11.5. The molecule has 1 fully saturated rings. The van der Waals surface area contributed by atoms with E-state index in [0.717, 1.165) is 36.9 Å². The third-order valence-corrected chi connectivity index (χ3v) is 5.27. The molecule has 3 rings (SSSR count). The SMILES string of the molecule is CCOC(=O)CNc1snc(N2CCN(c3cccc(Cl)c3)CC2)c1C#N. The summed E-state index contributed by atoms with van der Waals surface area (Å²) in [5, 5.41) is 13.8. The number of carbonyl (C=O) groups excluding carboxylic acids is 1. The van der Waals surface area contributed by atoms with Gasteiger partial charge in [0.25, 0.3) is 0 Å². The van der Waals surface area contributed by atoms with Crippen LogP contribution in [-0.2, 0) is 9.53 Å². The van der Waals surface area contributed by atoms with Crippen LogP contribution in [0.1, 0.15) is 12.5 Å². The van der Waals surface area contributed by atoms with Crippen LogP contribution in [0.25, 0.3) is 0 Å². The Balaban J connectivity index is 1.64. The maximum absolute atomic E-state index is 11.5. The zero-order valence-corrected chi connectivity index (χ0v) is 16.5. The normalized spacial score (nSPS) is 14.0. The van der Waals surface area contributed by atoms with Crippen molar-refractivity contribution in [1.29, 1.82) is 5.26 Å². The molecule has 1 saturated heterocycles. The first kappa shape index (κ1) is 19.3. The number of hydrogen-bond acceptors (Lipinski definition) is 8. The fourth-order valence-corrected chi connectivity index (χ4v) is 3.87. The van der Waals surface area contributed by atoms with Crippen LogP contribution in [0.5, 0.6) is 0 Å². The number of halogens is 1. The topological polar surface area (TPSA) is 81.5 Å². The summed E-state index contributed by atoms with van der Waals surface area (Å²) < 4.78 is 9.33. The molecule has 142 valence electrons. The number of anilines is 3. The predicted molar refractivity (Wildman–Crippen MR) is 108 cm³/mol. The van der Waals surface area contributed by atoms with Crippen molar-refractivity contribution < 1.29 is 9.53 Å². The van der Waals surface area contributed by atoms with Gasteiger partial charge in [0.2, 0.25) is 0 Å². The van der Waals surface area contributed by atoms with Crippen LogP contribution in [0.3, 0.4) is 0 Å². The highest BCUT2D eigenvalue weighted by Gasteiger charge is 2.24. The molecule has 27 heavy (non-hydrogen) atoms. The van der Waals surface area contributed by atoms with Crippen LogP contribution in [0.4, 0.5) is 16.5 Å². The highest BCUT2D eigenvalue weighted by atomic mass is 35.5. The number of hydrogen-bond donors (Lipinski definition) is 1. The molecular formula is C18H20ClN5O2S. The van der Waals surface area contributed by atoms with Crippen LogP contribution in [0, 0.1) is 11.3 Å². The van der Waals surface area contributed by atoms with E-state index < -0.39 is 0 Å². The van der Waals surface area contributed by atoms with Crippen molar-refractivity contribution >= 4 is 45.6 Å². The van der Waals surface area contributed by atoms with Gasteiger partial charge >= 0.3 is 5.97 Å².